The molecule has 2 rings (SSSR count). The van der Waals surface area contributed by atoms with Crippen LogP contribution < -0.4 is 5.73 Å². The molecule has 1 aromatic heterocycles. The number of aromatic nitrogens is 2. The lowest BCUT2D eigenvalue weighted by Gasteiger charge is -2.11. The molecule has 15 heavy (non-hydrogen) atoms. The Hall–Kier alpha value is -0.830. The molecule has 0 spiro atoms. The van der Waals surface area contributed by atoms with E-state index >= 15 is 0 Å². The minimum Gasteiger partial charge on any atom is -0.330 e. The standard InChI is InChI=1S/C12H21N3/c1-9-12(10-5-3-4-6-10)11(7-8-13)15(2)14-9/h10H,3-8,13H2,1-2H3. The van der Waals surface area contributed by atoms with Crippen LogP contribution in [0.1, 0.15) is 48.6 Å². The van der Waals surface area contributed by atoms with Gasteiger partial charge in [0, 0.05) is 19.2 Å². The predicted octanol–water partition coefficient (Wildman–Crippen LogP) is 1.89. The van der Waals surface area contributed by atoms with Crippen LogP contribution in [0.15, 0.2) is 0 Å². The third-order valence-corrected chi connectivity index (χ3v) is 3.54. The first-order valence-corrected chi connectivity index (χ1v) is 5.96. The Morgan fingerprint density at radius 1 is 1.40 bits per heavy atom. The summed E-state index contributed by atoms with van der Waals surface area (Å²) in [5.41, 5.74) is 9.74. The van der Waals surface area contributed by atoms with E-state index in [9.17, 15) is 0 Å². The van der Waals surface area contributed by atoms with Crippen molar-refractivity contribution in [2.24, 2.45) is 12.8 Å². The van der Waals surface area contributed by atoms with Crippen LogP contribution in [-0.2, 0) is 13.5 Å². The highest BCUT2D eigenvalue weighted by molar-refractivity contribution is 5.30. The Morgan fingerprint density at radius 3 is 2.67 bits per heavy atom. The van der Waals surface area contributed by atoms with Gasteiger partial charge >= 0.3 is 0 Å². The summed E-state index contributed by atoms with van der Waals surface area (Å²) in [4.78, 5) is 0. The van der Waals surface area contributed by atoms with Crippen molar-refractivity contribution in [1.29, 1.82) is 0 Å². The molecule has 0 aliphatic heterocycles. The number of aryl methyl sites for hydroxylation is 2. The van der Waals surface area contributed by atoms with Crippen molar-refractivity contribution in [2.45, 2.75) is 44.9 Å². The van der Waals surface area contributed by atoms with Gasteiger partial charge in [0.05, 0.1) is 5.69 Å². The molecule has 84 valence electrons. The normalized spacial score (nSPS) is 17.5. The smallest absolute Gasteiger partial charge is 0.0631 e. The summed E-state index contributed by atoms with van der Waals surface area (Å²) in [6.07, 6.45) is 6.39. The zero-order valence-corrected chi connectivity index (χ0v) is 9.79. The maximum atomic E-state index is 5.67. The molecule has 1 saturated carbocycles. The van der Waals surface area contributed by atoms with Gasteiger partial charge in [-0.3, -0.25) is 4.68 Å². The average Bonchev–Trinajstić information content (AvgIpc) is 2.77. The molecule has 0 atom stereocenters. The molecule has 1 heterocycles. The fourth-order valence-corrected chi connectivity index (χ4v) is 2.90. The Morgan fingerprint density at radius 2 is 2.07 bits per heavy atom. The summed E-state index contributed by atoms with van der Waals surface area (Å²) < 4.78 is 2.02. The monoisotopic (exact) mass is 207 g/mol. The summed E-state index contributed by atoms with van der Waals surface area (Å²) >= 11 is 0. The maximum Gasteiger partial charge on any atom is 0.0631 e. The highest BCUT2D eigenvalue weighted by Gasteiger charge is 2.24. The number of nitrogens with two attached hydrogens (primary N) is 1. The van der Waals surface area contributed by atoms with Gasteiger partial charge in [-0.05, 0) is 37.8 Å². The van der Waals surface area contributed by atoms with E-state index in [0.717, 1.165) is 18.9 Å². The van der Waals surface area contributed by atoms with E-state index in [4.69, 9.17) is 5.73 Å². The lowest BCUT2D eigenvalue weighted by Crippen LogP contribution is -2.10. The van der Waals surface area contributed by atoms with Crippen LogP contribution in [-0.4, -0.2) is 16.3 Å². The molecule has 2 N–H and O–H groups in total. The summed E-state index contributed by atoms with van der Waals surface area (Å²) in [5.74, 6) is 0.750. The topological polar surface area (TPSA) is 43.8 Å². The Balaban J connectivity index is 2.34. The summed E-state index contributed by atoms with van der Waals surface area (Å²) in [7, 11) is 2.04. The van der Waals surface area contributed by atoms with E-state index in [-0.39, 0.29) is 0 Å². The fraction of sp³-hybridized carbons (Fsp3) is 0.750. The second-order valence-corrected chi connectivity index (χ2v) is 4.59. The highest BCUT2D eigenvalue weighted by Crippen LogP contribution is 2.37. The predicted molar refractivity (Wildman–Crippen MR) is 61.9 cm³/mol. The molecule has 0 amide bonds. The lowest BCUT2D eigenvalue weighted by molar-refractivity contribution is 0.675. The largest absolute Gasteiger partial charge is 0.330 e. The van der Waals surface area contributed by atoms with Gasteiger partial charge in [0.15, 0.2) is 0 Å². The van der Waals surface area contributed by atoms with Crippen molar-refractivity contribution in [3.8, 4) is 0 Å². The SMILES string of the molecule is Cc1nn(C)c(CCN)c1C1CCCC1. The highest BCUT2D eigenvalue weighted by atomic mass is 15.3. The minimum absolute atomic E-state index is 0.721. The Bertz CT molecular complexity index is 335. The first-order valence-electron chi connectivity index (χ1n) is 5.96. The zero-order valence-electron chi connectivity index (χ0n) is 9.79. The van der Waals surface area contributed by atoms with Crippen LogP contribution in [0.2, 0.25) is 0 Å². The maximum absolute atomic E-state index is 5.67. The van der Waals surface area contributed by atoms with Crippen LogP contribution in [0.5, 0.6) is 0 Å². The van der Waals surface area contributed by atoms with Crippen molar-refractivity contribution in [3.05, 3.63) is 17.0 Å². The van der Waals surface area contributed by atoms with Crippen LogP contribution in [0, 0.1) is 6.92 Å². The first kappa shape index (κ1) is 10.7. The van der Waals surface area contributed by atoms with Gasteiger partial charge < -0.3 is 5.73 Å². The second-order valence-electron chi connectivity index (χ2n) is 4.59. The molecule has 0 unspecified atom stereocenters. The van der Waals surface area contributed by atoms with Gasteiger partial charge in [0.2, 0.25) is 0 Å². The summed E-state index contributed by atoms with van der Waals surface area (Å²) in [6.45, 7) is 2.85. The third-order valence-electron chi connectivity index (χ3n) is 3.54. The zero-order chi connectivity index (χ0) is 10.8. The summed E-state index contributed by atoms with van der Waals surface area (Å²) in [6, 6.07) is 0. The molecule has 0 aromatic carbocycles. The summed E-state index contributed by atoms with van der Waals surface area (Å²) in [5, 5.41) is 4.54. The van der Waals surface area contributed by atoms with Crippen molar-refractivity contribution < 1.29 is 0 Å². The van der Waals surface area contributed by atoms with Crippen molar-refractivity contribution in [3.63, 3.8) is 0 Å². The van der Waals surface area contributed by atoms with Crippen LogP contribution >= 0.6 is 0 Å². The van der Waals surface area contributed by atoms with Gasteiger partial charge in [-0.15, -0.1) is 0 Å². The quantitative estimate of drug-likeness (QED) is 0.822. The molecule has 0 saturated heterocycles. The van der Waals surface area contributed by atoms with Crippen molar-refractivity contribution in [2.75, 3.05) is 6.54 Å². The van der Waals surface area contributed by atoms with E-state index < -0.39 is 0 Å². The number of nitrogens with zero attached hydrogens (tertiary/aromatic N) is 2. The molecule has 1 fully saturated rings. The Labute approximate surface area is 91.7 Å². The third kappa shape index (κ3) is 1.93. The van der Waals surface area contributed by atoms with Crippen molar-refractivity contribution in [1.82, 2.24) is 9.78 Å². The molecule has 0 radical (unpaired) electrons. The second kappa shape index (κ2) is 4.35. The van der Waals surface area contributed by atoms with E-state index in [1.54, 1.807) is 0 Å². The molecule has 1 aliphatic carbocycles. The molecule has 3 nitrogen and oxygen atoms in total. The molecule has 0 bridgehead atoms. The van der Waals surface area contributed by atoms with E-state index in [0.29, 0.717) is 0 Å². The van der Waals surface area contributed by atoms with Crippen LogP contribution in [0.4, 0.5) is 0 Å². The van der Waals surface area contributed by atoms with Gasteiger partial charge in [0.1, 0.15) is 0 Å². The van der Waals surface area contributed by atoms with Gasteiger partial charge in [-0.25, -0.2) is 0 Å². The van der Waals surface area contributed by atoms with Gasteiger partial charge in [-0.1, -0.05) is 12.8 Å². The van der Waals surface area contributed by atoms with Gasteiger partial charge in [0.25, 0.3) is 0 Å². The average molecular weight is 207 g/mol. The Kier molecular flexibility index (Phi) is 3.10. The van der Waals surface area contributed by atoms with Crippen molar-refractivity contribution >= 4 is 0 Å². The van der Waals surface area contributed by atoms with Gasteiger partial charge in [-0.2, -0.15) is 5.10 Å². The van der Waals surface area contributed by atoms with E-state index in [1.165, 1.54) is 42.6 Å². The molecule has 3 heteroatoms. The number of hydrogen-bond donors (Lipinski definition) is 1. The minimum atomic E-state index is 0.721. The van der Waals surface area contributed by atoms with E-state index in [1.807, 2.05) is 11.7 Å². The number of hydrogen-bond acceptors (Lipinski definition) is 2. The molecular weight excluding hydrogens is 186 g/mol. The van der Waals surface area contributed by atoms with E-state index in [2.05, 4.69) is 12.0 Å². The fourth-order valence-electron chi connectivity index (χ4n) is 2.90. The molecule has 1 aromatic rings. The first-order chi connectivity index (χ1) is 7.24. The number of rotatable bonds is 3. The molecule has 1 aliphatic rings. The van der Waals surface area contributed by atoms with Crippen LogP contribution in [0.25, 0.3) is 0 Å². The lowest BCUT2D eigenvalue weighted by atomic mass is 9.94. The van der Waals surface area contributed by atoms with Crippen LogP contribution in [0.3, 0.4) is 0 Å². The molecular formula is C12H21N3.